The van der Waals surface area contributed by atoms with E-state index in [4.69, 9.17) is 16.3 Å². The first kappa shape index (κ1) is 20.1. The molecule has 0 amide bonds. The van der Waals surface area contributed by atoms with Crippen LogP contribution in [0.5, 0.6) is 0 Å². The van der Waals surface area contributed by atoms with Gasteiger partial charge >= 0.3 is 5.97 Å². The second-order valence-electron chi connectivity index (χ2n) is 5.44. The summed E-state index contributed by atoms with van der Waals surface area (Å²) in [6, 6.07) is 11.3. The molecule has 0 saturated heterocycles. The normalized spacial score (nSPS) is 11.7. The van der Waals surface area contributed by atoms with Crippen LogP contribution < -0.4 is 4.72 Å². The molecule has 5 nitrogen and oxygen atoms in total. The molecule has 0 heterocycles. The first-order valence-corrected chi connectivity index (χ1v) is 9.52. The maximum absolute atomic E-state index is 13.6. The van der Waals surface area contributed by atoms with Gasteiger partial charge in [-0.15, -0.1) is 0 Å². The molecule has 2 rings (SSSR count). The maximum atomic E-state index is 13.6. The van der Waals surface area contributed by atoms with Crippen molar-refractivity contribution in [1.29, 1.82) is 0 Å². The van der Waals surface area contributed by atoms with Crippen LogP contribution in [0.3, 0.4) is 0 Å². The zero-order valence-corrected chi connectivity index (χ0v) is 15.5. The van der Waals surface area contributed by atoms with Crippen LogP contribution in [0.25, 0.3) is 6.08 Å². The highest BCUT2D eigenvalue weighted by atomic mass is 35.5. The number of benzene rings is 2. The summed E-state index contributed by atoms with van der Waals surface area (Å²) in [6.45, 7) is 0.962. The number of carbonyl (C=O) groups is 1. The monoisotopic (exact) mass is 397 g/mol. The fourth-order valence-corrected chi connectivity index (χ4v) is 2.90. The molecule has 1 N–H and O–H groups in total. The lowest BCUT2D eigenvalue weighted by Crippen LogP contribution is -2.29. The van der Waals surface area contributed by atoms with Crippen LogP contribution in [0, 0.1) is 12.7 Å². The van der Waals surface area contributed by atoms with Gasteiger partial charge in [-0.1, -0.05) is 47.5 Å². The Labute approximate surface area is 156 Å². The summed E-state index contributed by atoms with van der Waals surface area (Å²) in [4.78, 5) is 11.7. The van der Waals surface area contributed by atoms with E-state index in [1.54, 1.807) is 12.1 Å². The van der Waals surface area contributed by atoms with Crippen LogP contribution in [-0.4, -0.2) is 20.9 Å². The van der Waals surface area contributed by atoms with Gasteiger partial charge in [0, 0.05) is 11.0 Å². The molecule has 0 aliphatic rings. The maximum Gasteiger partial charge on any atom is 0.321 e. The second-order valence-corrected chi connectivity index (χ2v) is 7.50. The lowest BCUT2D eigenvalue weighted by Gasteiger charge is -2.08. The van der Waals surface area contributed by atoms with E-state index in [0.717, 1.165) is 11.0 Å². The number of sulfonamides is 1. The number of halogens is 2. The highest BCUT2D eigenvalue weighted by Gasteiger charge is 2.13. The molecular formula is C18H17ClFNO4S. The van der Waals surface area contributed by atoms with E-state index >= 15 is 0 Å². The molecule has 0 aromatic heterocycles. The molecule has 2 aromatic rings. The molecule has 0 saturated carbocycles. The van der Waals surface area contributed by atoms with Crippen molar-refractivity contribution < 1.29 is 22.3 Å². The van der Waals surface area contributed by atoms with Gasteiger partial charge in [0.1, 0.15) is 19.0 Å². The minimum Gasteiger partial charge on any atom is -0.460 e. The van der Waals surface area contributed by atoms with Crippen LogP contribution in [0.2, 0.25) is 5.02 Å². The summed E-state index contributed by atoms with van der Waals surface area (Å²) in [5, 5.41) is 1.08. The largest absolute Gasteiger partial charge is 0.460 e. The quantitative estimate of drug-likeness (QED) is 0.726. The summed E-state index contributed by atoms with van der Waals surface area (Å²) < 4.78 is 44.2. The smallest absolute Gasteiger partial charge is 0.321 e. The Kier molecular flexibility index (Phi) is 6.90. The average Bonchev–Trinajstić information content (AvgIpc) is 2.59. The summed E-state index contributed by atoms with van der Waals surface area (Å²) in [5.74, 6) is -1.46. The van der Waals surface area contributed by atoms with E-state index in [-0.39, 0.29) is 17.2 Å². The Balaban J connectivity index is 1.86. The van der Waals surface area contributed by atoms with Crippen molar-refractivity contribution in [2.75, 3.05) is 6.54 Å². The van der Waals surface area contributed by atoms with Crippen LogP contribution in [0.15, 0.2) is 47.9 Å². The Hall–Kier alpha value is -2.22. The zero-order valence-electron chi connectivity index (χ0n) is 13.9. The number of aryl methyl sites for hydroxylation is 1. The third-order valence-corrected chi connectivity index (χ3v) is 4.77. The fraction of sp³-hybridized carbons (Fsp3) is 0.167. The average molecular weight is 398 g/mol. The van der Waals surface area contributed by atoms with Gasteiger partial charge in [-0.3, -0.25) is 4.79 Å². The predicted molar refractivity (Wildman–Crippen MR) is 98.3 cm³/mol. The topological polar surface area (TPSA) is 72.5 Å². The number of ether oxygens (including phenoxy) is 1. The van der Waals surface area contributed by atoms with Crippen LogP contribution in [0.1, 0.15) is 16.7 Å². The van der Waals surface area contributed by atoms with Gasteiger partial charge in [0.15, 0.2) is 0 Å². The lowest BCUT2D eigenvalue weighted by atomic mass is 10.2. The molecule has 0 unspecified atom stereocenters. The van der Waals surface area contributed by atoms with Crippen molar-refractivity contribution in [3.8, 4) is 0 Å². The Morgan fingerprint density at radius 3 is 2.58 bits per heavy atom. The Morgan fingerprint density at radius 1 is 1.23 bits per heavy atom. The minimum atomic E-state index is -3.82. The predicted octanol–water partition coefficient (Wildman–Crippen LogP) is 3.42. The number of nitrogens with one attached hydrogen (secondary N) is 1. The number of carbonyl (C=O) groups excluding carboxylic acids is 1. The molecular weight excluding hydrogens is 381 g/mol. The van der Waals surface area contributed by atoms with Gasteiger partial charge in [0.05, 0.1) is 5.02 Å². The van der Waals surface area contributed by atoms with Gasteiger partial charge in [-0.25, -0.2) is 17.5 Å². The first-order valence-electron chi connectivity index (χ1n) is 7.60. The number of hydrogen-bond donors (Lipinski definition) is 1. The number of hydrogen-bond acceptors (Lipinski definition) is 4. The summed E-state index contributed by atoms with van der Waals surface area (Å²) in [7, 11) is -3.82. The van der Waals surface area contributed by atoms with Crippen LogP contribution in [-0.2, 0) is 26.2 Å². The molecule has 0 radical (unpaired) electrons. The zero-order chi connectivity index (χ0) is 19.2. The number of esters is 1. The van der Waals surface area contributed by atoms with Gasteiger partial charge < -0.3 is 4.74 Å². The molecule has 0 bridgehead atoms. The van der Waals surface area contributed by atoms with Gasteiger partial charge in [0.2, 0.25) is 10.0 Å². The van der Waals surface area contributed by atoms with E-state index in [0.29, 0.717) is 5.56 Å². The van der Waals surface area contributed by atoms with Gasteiger partial charge in [-0.05, 0) is 30.7 Å². The highest BCUT2D eigenvalue weighted by Crippen LogP contribution is 2.19. The summed E-state index contributed by atoms with van der Waals surface area (Å²) >= 11 is 5.82. The van der Waals surface area contributed by atoms with Crippen molar-refractivity contribution in [3.63, 3.8) is 0 Å². The van der Waals surface area contributed by atoms with E-state index < -0.39 is 28.4 Å². The molecule has 0 aliphatic carbocycles. The third kappa shape index (κ3) is 6.25. The van der Waals surface area contributed by atoms with Crippen molar-refractivity contribution in [2.24, 2.45) is 0 Å². The molecule has 0 spiro atoms. The molecule has 0 atom stereocenters. The first-order chi connectivity index (χ1) is 12.3. The third-order valence-electron chi connectivity index (χ3n) is 3.37. The molecule has 138 valence electrons. The van der Waals surface area contributed by atoms with Crippen molar-refractivity contribution in [1.82, 2.24) is 4.72 Å². The Morgan fingerprint density at radius 2 is 1.92 bits per heavy atom. The van der Waals surface area contributed by atoms with Gasteiger partial charge in [0.25, 0.3) is 0 Å². The van der Waals surface area contributed by atoms with E-state index in [2.05, 4.69) is 4.72 Å². The minimum absolute atomic E-state index is 0.0321. The molecule has 2 aromatic carbocycles. The summed E-state index contributed by atoms with van der Waals surface area (Å²) in [5.41, 5.74) is 1.79. The SMILES string of the molecule is Cc1ccc(/C=C/S(=O)(=O)NCC(=O)OCc2c(F)cccc2Cl)cc1. The highest BCUT2D eigenvalue weighted by molar-refractivity contribution is 7.92. The van der Waals surface area contributed by atoms with Crippen LogP contribution >= 0.6 is 11.6 Å². The van der Waals surface area contributed by atoms with E-state index in [9.17, 15) is 17.6 Å². The molecule has 0 fully saturated rings. The van der Waals surface area contributed by atoms with Gasteiger partial charge in [-0.2, -0.15) is 0 Å². The fourth-order valence-electron chi connectivity index (χ4n) is 1.93. The Bertz CT molecular complexity index is 891. The van der Waals surface area contributed by atoms with Crippen molar-refractivity contribution >= 4 is 33.7 Å². The molecule has 0 aliphatic heterocycles. The van der Waals surface area contributed by atoms with E-state index in [1.165, 1.54) is 24.3 Å². The second kappa shape index (κ2) is 8.93. The molecule has 26 heavy (non-hydrogen) atoms. The standard InChI is InChI=1S/C18H17ClFNO4S/c1-13-5-7-14(8-6-13)9-10-26(23,24)21-11-18(22)25-12-15-16(19)3-2-4-17(15)20/h2-10,21H,11-12H2,1H3/b10-9+. The van der Waals surface area contributed by atoms with Crippen molar-refractivity contribution in [3.05, 3.63) is 75.4 Å². The molecule has 8 heteroatoms. The number of rotatable bonds is 7. The lowest BCUT2D eigenvalue weighted by molar-refractivity contribution is -0.143. The van der Waals surface area contributed by atoms with E-state index in [1.807, 2.05) is 19.1 Å². The van der Waals surface area contributed by atoms with Crippen molar-refractivity contribution in [2.45, 2.75) is 13.5 Å². The summed E-state index contributed by atoms with van der Waals surface area (Å²) in [6.07, 6.45) is 1.41. The van der Waals surface area contributed by atoms with Crippen LogP contribution in [0.4, 0.5) is 4.39 Å².